The number of aromatic nitrogens is 3. The molecule has 0 saturated carbocycles. The largest absolute Gasteiger partial charge is 0.317 e. The molecule has 0 unspecified atom stereocenters. The van der Waals surface area contributed by atoms with Crippen molar-refractivity contribution in [3.63, 3.8) is 0 Å². The van der Waals surface area contributed by atoms with E-state index in [1.165, 1.54) is 5.56 Å². The van der Waals surface area contributed by atoms with Crippen molar-refractivity contribution in [2.45, 2.75) is 20.4 Å². The molecule has 0 N–H and O–H groups in total. The molecule has 0 saturated heterocycles. The van der Waals surface area contributed by atoms with Gasteiger partial charge in [-0.1, -0.05) is 48.5 Å². The molecule has 0 radical (unpaired) electrons. The summed E-state index contributed by atoms with van der Waals surface area (Å²) in [5.74, 6) is 0. The molecule has 2 aromatic heterocycles. The standard InChI is InChI=1S/C22H22N4OS/c1-16-15-28-22(25(16)14-18-10-6-4-7-11-18)23-20-17(2)24(3)26(21(20)27)19-12-8-5-9-13-19/h4-13,15H,14H2,1-3H3. The zero-order valence-electron chi connectivity index (χ0n) is 16.2. The smallest absolute Gasteiger partial charge is 0.297 e. The molecule has 0 amide bonds. The number of hydrogen-bond acceptors (Lipinski definition) is 3. The molecule has 2 heterocycles. The number of rotatable bonds is 4. The minimum Gasteiger partial charge on any atom is -0.317 e. The van der Waals surface area contributed by atoms with Crippen molar-refractivity contribution < 1.29 is 0 Å². The van der Waals surface area contributed by atoms with Gasteiger partial charge in [-0.25, -0.2) is 9.67 Å². The van der Waals surface area contributed by atoms with E-state index in [2.05, 4.69) is 29.0 Å². The summed E-state index contributed by atoms with van der Waals surface area (Å²) in [7, 11) is 1.89. The van der Waals surface area contributed by atoms with Gasteiger partial charge in [0.05, 0.1) is 17.9 Å². The quantitative estimate of drug-likeness (QED) is 0.521. The number of nitrogens with zero attached hydrogens (tertiary/aromatic N) is 4. The van der Waals surface area contributed by atoms with Crippen molar-refractivity contribution in [1.29, 1.82) is 0 Å². The molecule has 0 aliphatic heterocycles. The van der Waals surface area contributed by atoms with Gasteiger partial charge in [0.15, 0.2) is 10.5 Å². The Balaban J connectivity index is 1.84. The monoisotopic (exact) mass is 390 g/mol. The molecule has 6 heteroatoms. The molecule has 28 heavy (non-hydrogen) atoms. The zero-order valence-corrected chi connectivity index (χ0v) is 17.0. The minimum atomic E-state index is -0.108. The molecule has 0 spiro atoms. The van der Waals surface area contributed by atoms with Gasteiger partial charge >= 0.3 is 0 Å². The summed E-state index contributed by atoms with van der Waals surface area (Å²) in [5, 5.41) is 2.08. The molecular formula is C22H22N4OS. The van der Waals surface area contributed by atoms with Crippen LogP contribution in [0.5, 0.6) is 0 Å². The van der Waals surface area contributed by atoms with Crippen molar-refractivity contribution in [2.24, 2.45) is 12.0 Å². The maximum absolute atomic E-state index is 13.1. The Hall–Kier alpha value is -3.12. The molecule has 2 aromatic carbocycles. The number of benzene rings is 2. The van der Waals surface area contributed by atoms with Crippen molar-refractivity contribution >= 4 is 17.0 Å². The Morgan fingerprint density at radius 2 is 1.61 bits per heavy atom. The Morgan fingerprint density at radius 3 is 2.29 bits per heavy atom. The van der Waals surface area contributed by atoms with Crippen LogP contribution in [0.25, 0.3) is 5.69 Å². The molecule has 142 valence electrons. The minimum absolute atomic E-state index is 0.108. The van der Waals surface area contributed by atoms with Gasteiger partial charge in [0.25, 0.3) is 5.56 Å². The summed E-state index contributed by atoms with van der Waals surface area (Å²) in [6.07, 6.45) is 0. The Kier molecular flexibility index (Phi) is 4.88. The molecule has 4 aromatic rings. The van der Waals surface area contributed by atoms with E-state index in [1.807, 2.05) is 67.2 Å². The van der Waals surface area contributed by atoms with Crippen molar-refractivity contribution in [1.82, 2.24) is 13.9 Å². The first-order valence-electron chi connectivity index (χ1n) is 9.14. The van der Waals surface area contributed by atoms with Gasteiger partial charge in [-0.3, -0.25) is 9.48 Å². The lowest BCUT2D eigenvalue weighted by Crippen LogP contribution is -2.20. The lowest BCUT2D eigenvalue weighted by Gasteiger charge is -2.07. The number of aryl methyl sites for hydroxylation is 1. The number of hydrogen-bond donors (Lipinski definition) is 0. The van der Waals surface area contributed by atoms with Crippen LogP contribution in [0.2, 0.25) is 0 Å². The Morgan fingerprint density at radius 1 is 0.964 bits per heavy atom. The molecule has 0 bridgehead atoms. The topological polar surface area (TPSA) is 44.2 Å². The van der Waals surface area contributed by atoms with Crippen molar-refractivity contribution in [3.05, 3.63) is 98.2 Å². The average Bonchev–Trinajstić information content (AvgIpc) is 3.16. The average molecular weight is 391 g/mol. The number of para-hydroxylation sites is 1. The normalized spacial score (nSPS) is 11.9. The summed E-state index contributed by atoms with van der Waals surface area (Å²) in [6, 6.07) is 19.9. The fourth-order valence-electron chi connectivity index (χ4n) is 3.24. The van der Waals surface area contributed by atoms with Crippen LogP contribution in [0.1, 0.15) is 17.0 Å². The predicted octanol–water partition coefficient (Wildman–Crippen LogP) is 3.94. The Bertz CT molecular complexity index is 1230. The molecule has 0 aliphatic carbocycles. The molecule has 0 atom stereocenters. The van der Waals surface area contributed by atoms with Gasteiger partial charge < -0.3 is 4.57 Å². The highest BCUT2D eigenvalue weighted by atomic mass is 32.1. The second-order valence-electron chi connectivity index (χ2n) is 6.75. The van der Waals surface area contributed by atoms with Crippen LogP contribution in [-0.2, 0) is 13.6 Å². The lowest BCUT2D eigenvalue weighted by molar-refractivity contribution is 0.630. The van der Waals surface area contributed by atoms with Crippen molar-refractivity contribution in [2.75, 3.05) is 0 Å². The summed E-state index contributed by atoms with van der Waals surface area (Å²) >= 11 is 1.56. The van der Waals surface area contributed by atoms with E-state index in [9.17, 15) is 4.79 Å². The van der Waals surface area contributed by atoms with E-state index in [-0.39, 0.29) is 5.56 Å². The van der Waals surface area contributed by atoms with Crippen LogP contribution in [0.4, 0.5) is 5.69 Å². The van der Waals surface area contributed by atoms with E-state index in [4.69, 9.17) is 4.99 Å². The second-order valence-corrected chi connectivity index (χ2v) is 7.59. The lowest BCUT2D eigenvalue weighted by atomic mass is 10.2. The van der Waals surface area contributed by atoms with Gasteiger partial charge in [0, 0.05) is 18.1 Å². The highest BCUT2D eigenvalue weighted by Crippen LogP contribution is 2.17. The summed E-state index contributed by atoms with van der Waals surface area (Å²) < 4.78 is 5.67. The molecule has 0 fully saturated rings. The van der Waals surface area contributed by atoms with Gasteiger partial charge in [0.1, 0.15) is 0 Å². The van der Waals surface area contributed by atoms with Gasteiger partial charge in [-0.15, -0.1) is 11.3 Å². The van der Waals surface area contributed by atoms with E-state index in [1.54, 1.807) is 16.0 Å². The van der Waals surface area contributed by atoms with Crippen LogP contribution in [0.15, 0.2) is 75.8 Å². The molecular weight excluding hydrogens is 368 g/mol. The summed E-state index contributed by atoms with van der Waals surface area (Å²) in [4.78, 5) is 18.8. The zero-order chi connectivity index (χ0) is 19.7. The van der Waals surface area contributed by atoms with Gasteiger partial charge in [0.2, 0.25) is 0 Å². The van der Waals surface area contributed by atoms with E-state index in [0.29, 0.717) is 5.69 Å². The SMILES string of the molecule is Cc1csc(=Nc2c(C)n(C)n(-c3ccccc3)c2=O)n1Cc1ccccc1. The van der Waals surface area contributed by atoms with E-state index in [0.717, 1.165) is 28.4 Å². The van der Waals surface area contributed by atoms with Gasteiger partial charge in [-0.05, 0) is 31.5 Å². The maximum Gasteiger partial charge on any atom is 0.297 e. The maximum atomic E-state index is 13.1. The fourth-order valence-corrected chi connectivity index (χ4v) is 4.12. The molecule has 5 nitrogen and oxygen atoms in total. The van der Waals surface area contributed by atoms with Crippen LogP contribution >= 0.6 is 11.3 Å². The number of thiazole rings is 1. The summed E-state index contributed by atoms with van der Waals surface area (Å²) in [5.41, 5.74) is 4.38. The first-order valence-corrected chi connectivity index (χ1v) is 10.0. The van der Waals surface area contributed by atoms with Crippen LogP contribution in [0.3, 0.4) is 0 Å². The van der Waals surface area contributed by atoms with Crippen LogP contribution in [-0.4, -0.2) is 13.9 Å². The predicted molar refractivity (Wildman–Crippen MR) is 114 cm³/mol. The molecule has 0 aliphatic rings. The highest BCUT2D eigenvalue weighted by molar-refractivity contribution is 7.07. The van der Waals surface area contributed by atoms with Gasteiger partial charge in [-0.2, -0.15) is 0 Å². The fraction of sp³-hybridized carbons (Fsp3) is 0.182. The van der Waals surface area contributed by atoms with Crippen LogP contribution < -0.4 is 10.4 Å². The van der Waals surface area contributed by atoms with Crippen molar-refractivity contribution in [3.8, 4) is 5.69 Å². The van der Waals surface area contributed by atoms with E-state index >= 15 is 0 Å². The highest BCUT2D eigenvalue weighted by Gasteiger charge is 2.16. The third kappa shape index (κ3) is 3.27. The first-order chi connectivity index (χ1) is 13.6. The second kappa shape index (κ2) is 7.48. The summed E-state index contributed by atoms with van der Waals surface area (Å²) in [6.45, 7) is 4.73. The third-order valence-electron chi connectivity index (χ3n) is 4.91. The van der Waals surface area contributed by atoms with Crippen LogP contribution in [0, 0.1) is 13.8 Å². The Labute approximate surface area is 167 Å². The third-order valence-corrected chi connectivity index (χ3v) is 5.89. The first kappa shape index (κ1) is 18.3. The van der Waals surface area contributed by atoms with E-state index < -0.39 is 0 Å². The molecule has 4 rings (SSSR count).